The Morgan fingerprint density at radius 2 is 1.88 bits per heavy atom. The summed E-state index contributed by atoms with van der Waals surface area (Å²) in [6.45, 7) is 13.5. The van der Waals surface area contributed by atoms with E-state index < -0.39 is 0 Å². The van der Waals surface area contributed by atoms with Crippen molar-refractivity contribution in [3.63, 3.8) is 0 Å². The van der Waals surface area contributed by atoms with Crippen molar-refractivity contribution in [3.8, 4) is 0 Å². The highest BCUT2D eigenvalue weighted by molar-refractivity contribution is 4.75. The minimum absolute atomic E-state index is 0.349. The van der Waals surface area contributed by atoms with E-state index in [2.05, 4.69) is 33.0 Å². The standard InChI is InChI=1S/C14H31NO2/c1-6-14(4,12-15-11-13(2)3)7-8-17-10-9-16-5/h13,15H,6-12H2,1-5H3. The van der Waals surface area contributed by atoms with Crippen LogP contribution in [0.15, 0.2) is 0 Å². The fourth-order valence-corrected chi connectivity index (χ4v) is 1.62. The Hall–Kier alpha value is -0.120. The molecule has 0 fully saturated rings. The summed E-state index contributed by atoms with van der Waals surface area (Å²) in [6, 6.07) is 0. The lowest BCUT2D eigenvalue weighted by Crippen LogP contribution is -2.34. The molecule has 1 atom stereocenters. The van der Waals surface area contributed by atoms with Gasteiger partial charge in [0.25, 0.3) is 0 Å². The Morgan fingerprint density at radius 1 is 1.18 bits per heavy atom. The van der Waals surface area contributed by atoms with Crippen LogP contribution in [0.2, 0.25) is 0 Å². The summed E-state index contributed by atoms with van der Waals surface area (Å²) in [4.78, 5) is 0. The molecule has 0 rings (SSSR count). The molecular weight excluding hydrogens is 214 g/mol. The zero-order valence-corrected chi connectivity index (χ0v) is 12.3. The van der Waals surface area contributed by atoms with Gasteiger partial charge < -0.3 is 14.8 Å². The van der Waals surface area contributed by atoms with Crippen molar-refractivity contribution in [1.29, 1.82) is 0 Å². The fourth-order valence-electron chi connectivity index (χ4n) is 1.62. The van der Waals surface area contributed by atoms with Crippen molar-refractivity contribution in [2.24, 2.45) is 11.3 Å². The second-order valence-corrected chi connectivity index (χ2v) is 5.54. The first-order chi connectivity index (χ1) is 8.04. The minimum atomic E-state index is 0.349. The quantitative estimate of drug-likeness (QED) is 0.568. The molecule has 0 aliphatic carbocycles. The number of nitrogens with one attached hydrogen (secondary N) is 1. The van der Waals surface area contributed by atoms with Crippen LogP contribution in [-0.4, -0.2) is 40.0 Å². The van der Waals surface area contributed by atoms with Crippen molar-refractivity contribution in [1.82, 2.24) is 5.32 Å². The molecule has 0 saturated carbocycles. The van der Waals surface area contributed by atoms with Crippen molar-refractivity contribution in [2.75, 3.05) is 40.0 Å². The second-order valence-electron chi connectivity index (χ2n) is 5.54. The molecule has 0 aliphatic rings. The Balaban J connectivity index is 3.69. The molecule has 0 aromatic heterocycles. The van der Waals surface area contributed by atoms with Crippen molar-refractivity contribution >= 4 is 0 Å². The normalized spacial score (nSPS) is 15.2. The number of methoxy groups -OCH3 is 1. The van der Waals surface area contributed by atoms with E-state index in [1.165, 1.54) is 6.42 Å². The molecule has 0 aromatic rings. The molecule has 3 nitrogen and oxygen atoms in total. The summed E-state index contributed by atoms with van der Waals surface area (Å²) >= 11 is 0. The zero-order valence-electron chi connectivity index (χ0n) is 12.3. The molecule has 3 heteroatoms. The lowest BCUT2D eigenvalue weighted by molar-refractivity contribution is 0.0526. The summed E-state index contributed by atoms with van der Waals surface area (Å²) < 4.78 is 10.5. The van der Waals surface area contributed by atoms with Gasteiger partial charge in [0.2, 0.25) is 0 Å². The van der Waals surface area contributed by atoms with E-state index in [1.807, 2.05) is 0 Å². The smallest absolute Gasteiger partial charge is 0.0700 e. The largest absolute Gasteiger partial charge is 0.382 e. The Labute approximate surface area is 107 Å². The summed E-state index contributed by atoms with van der Waals surface area (Å²) in [7, 11) is 1.70. The number of ether oxygens (including phenoxy) is 2. The SMILES string of the molecule is CCC(C)(CCOCCOC)CNCC(C)C. The molecule has 0 aromatic carbocycles. The van der Waals surface area contributed by atoms with E-state index in [9.17, 15) is 0 Å². The lowest BCUT2D eigenvalue weighted by atomic mass is 9.84. The van der Waals surface area contributed by atoms with Gasteiger partial charge in [0, 0.05) is 20.3 Å². The Morgan fingerprint density at radius 3 is 2.41 bits per heavy atom. The predicted octanol–water partition coefficient (Wildman–Crippen LogP) is 2.70. The van der Waals surface area contributed by atoms with Crippen LogP contribution in [0.3, 0.4) is 0 Å². The van der Waals surface area contributed by atoms with E-state index >= 15 is 0 Å². The third kappa shape index (κ3) is 9.57. The fraction of sp³-hybridized carbons (Fsp3) is 1.00. The summed E-state index contributed by atoms with van der Waals surface area (Å²) in [6.07, 6.45) is 2.30. The van der Waals surface area contributed by atoms with Crippen LogP contribution in [0.4, 0.5) is 0 Å². The van der Waals surface area contributed by atoms with E-state index in [0.29, 0.717) is 24.5 Å². The monoisotopic (exact) mass is 245 g/mol. The highest BCUT2D eigenvalue weighted by Gasteiger charge is 2.21. The number of hydrogen-bond donors (Lipinski definition) is 1. The van der Waals surface area contributed by atoms with Gasteiger partial charge in [-0.3, -0.25) is 0 Å². The zero-order chi connectivity index (χ0) is 13.1. The Kier molecular flexibility index (Phi) is 9.79. The van der Waals surface area contributed by atoms with Crippen LogP contribution in [0.1, 0.15) is 40.5 Å². The van der Waals surface area contributed by atoms with Gasteiger partial charge in [0.15, 0.2) is 0 Å². The van der Waals surface area contributed by atoms with Crippen molar-refractivity contribution < 1.29 is 9.47 Å². The van der Waals surface area contributed by atoms with Crippen LogP contribution in [0.5, 0.6) is 0 Å². The molecule has 0 spiro atoms. The van der Waals surface area contributed by atoms with Crippen LogP contribution < -0.4 is 5.32 Å². The van der Waals surface area contributed by atoms with Gasteiger partial charge in [0.05, 0.1) is 13.2 Å². The first-order valence-corrected chi connectivity index (χ1v) is 6.81. The molecule has 0 amide bonds. The van der Waals surface area contributed by atoms with E-state index in [-0.39, 0.29) is 0 Å². The maximum atomic E-state index is 5.55. The molecule has 104 valence electrons. The molecule has 0 saturated heterocycles. The topological polar surface area (TPSA) is 30.5 Å². The average Bonchev–Trinajstić information content (AvgIpc) is 2.28. The summed E-state index contributed by atoms with van der Waals surface area (Å²) in [5.74, 6) is 0.717. The lowest BCUT2D eigenvalue weighted by Gasteiger charge is -2.29. The second kappa shape index (κ2) is 9.86. The van der Waals surface area contributed by atoms with Crippen molar-refractivity contribution in [3.05, 3.63) is 0 Å². The molecule has 0 aliphatic heterocycles. The van der Waals surface area contributed by atoms with Crippen LogP contribution in [0, 0.1) is 11.3 Å². The maximum absolute atomic E-state index is 5.55. The van der Waals surface area contributed by atoms with Gasteiger partial charge in [-0.15, -0.1) is 0 Å². The predicted molar refractivity (Wildman–Crippen MR) is 73.4 cm³/mol. The van der Waals surface area contributed by atoms with E-state index in [0.717, 1.165) is 26.1 Å². The van der Waals surface area contributed by atoms with Gasteiger partial charge >= 0.3 is 0 Å². The van der Waals surface area contributed by atoms with E-state index in [4.69, 9.17) is 9.47 Å². The Bertz CT molecular complexity index is 174. The van der Waals surface area contributed by atoms with Gasteiger partial charge in [0.1, 0.15) is 0 Å². The molecular formula is C14H31NO2. The summed E-state index contributed by atoms with van der Waals surface area (Å²) in [5, 5.41) is 3.55. The third-order valence-electron chi connectivity index (χ3n) is 3.24. The van der Waals surface area contributed by atoms with Crippen molar-refractivity contribution in [2.45, 2.75) is 40.5 Å². The number of rotatable bonds is 11. The first kappa shape index (κ1) is 16.9. The van der Waals surface area contributed by atoms with Crippen LogP contribution in [0.25, 0.3) is 0 Å². The average molecular weight is 245 g/mol. The van der Waals surface area contributed by atoms with Crippen LogP contribution in [-0.2, 0) is 9.47 Å². The minimum Gasteiger partial charge on any atom is -0.382 e. The van der Waals surface area contributed by atoms with Crippen LogP contribution >= 0.6 is 0 Å². The highest BCUT2D eigenvalue weighted by atomic mass is 16.5. The summed E-state index contributed by atoms with van der Waals surface area (Å²) in [5.41, 5.74) is 0.349. The third-order valence-corrected chi connectivity index (χ3v) is 3.24. The molecule has 17 heavy (non-hydrogen) atoms. The van der Waals surface area contributed by atoms with Gasteiger partial charge in [-0.2, -0.15) is 0 Å². The molecule has 1 N–H and O–H groups in total. The maximum Gasteiger partial charge on any atom is 0.0700 e. The first-order valence-electron chi connectivity index (χ1n) is 6.81. The van der Waals surface area contributed by atoms with Gasteiger partial charge in [-0.1, -0.05) is 27.7 Å². The molecule has 0 heterocycles. The van der Waals surface area contributed by atoms with E-state index in [1.54, 1.807) is 7.11 Å². The van der Waals surface area contributed by atoms with Gasteiger partial charge in [-0.05, 0) is 30.7 Å². The number of hydrogen-bond acceptors (Lipinski definition) is 3. The molecule has 0 bridgehead atoms. The highest BCUT2D eigenvalue weighted by Crippen LogP contribution is 2.24. The molecule has 0 radical (unpaired) electrons. The van der Waals surface area contributed by atoms with Gasteiger partial charge in [-0.25, -0.2) is 0 Å². The molecule has 1 unspecified atom stereocenters.